The lowest BCUT2D eigenvalue weighted by Crippen LogP contribution is -2.48. The van der Waals surface area contributed by atoms with Crippen molar-refractivity contribution in [3.8, 4) is 11.5 Å². The van der Waals surface area contributed by atoms with E-state index in [1.165, 1.54) is 6.33 Å². The SMILES string of the molecule is Nc1ncnc2c1CCN(C(=O)C1COc3ccccc3O1)C2. The third-order valence-electron chi connectivity index (χ3n) is 4.14. The second-order valence-corrected chi connectivity index (χ2v) is 5.56. The van der Waals surface area contributed by atoms with Gasteiger partial charge in [-0.15, -0.1) is 0 Å². The predicted molar refractivity (Wildman–Crippen MR) is 81.9 cm³/mol. The summed E-state index contributed by atoms with van der Waals surface area (Å²) in [5, 5.41) is 0. The molecule has 118 valence electrons. The maximum Gasteiger partial charge on any atom is 0.267 e. The fraction of sp³-hybridized carbons (Fsp3) is 0.312. The van der Waals surface area contributed by atoms with E-state index in [2.05, 4.69) is 9.97 Å². The van der Waals surface area contributed by atoms with Crippen molar-refractivity contribution in [3.05, 3.63) is 41.9 Å². The molecular weight excluding hydrogens is 296 g/mol. The van der Waals surface area contributed by atoms with E-state index in [0.29, 0.717) is 36.8 Å². The maximum absolute atomic E-state index is 12.7. The zero-order valence-corrected chi connectivity index (χ0v) is 12.4. The van der Waals surface area contributed by atoms with Crippen molar-refractivity contribution in [1.82, 2.24) is 14.9 Å². The van der Waals surface area contributed by atoms with Gasteiger partial charge in [0.15, 0.2) is 11.5 Å². The molecule has 2 N–H and O–H groups in total. The molecule has 7 heteroatoms. The topological polar surface area (TPSA) is 90.6 Å². The Morgan fingerprint density at radius 2 is 2.09 bits per heavy atom. The average molecular weight is 312 g/mol. The molecule has 1 aromatic heterocycles. The van der Waals surface area contributed by atoms with E-state index < -0.39 is 6.10 Å². The molecule has 3 heterocycles. The number of amides is 1. The predicted octanol–water partition coefficient (Wildman–Crippen LogP) is 0.783. The van der Waals surface area contributed by atoms with Crippen LogP contribution in [0.25, 0.3) is 0 Å². The van der Waals surface area contributed by atoms with Crippen molar-refractivity contribution < 1.29 is 14.3 Å². The largest absolute Gasteiger partial charge is 0.485 e. The van der Waals surface area contributed by atoms with Crippen LogP contribution in [0.3, 0.4) is 0 Å². The number of nitrogens with zero attached hydrogens (tertiary/aromatic N) is 3. The van der Waals surface area contributed by atoms with Gasteiger partial charge in [-0.1, -0.05) is 12.1 Å². The fourth-order valence-electron chi connectivity index (χ4n) is 2.91. The standard InChI is InChI=1S/C16H16N4O3/c17-15-10-5-6-20(7-11(10)18-9-19-15)16(21)14-8-22-12-3-1-2-4-13(12)23-14/h1-4,9,14H,5-8H2,(H2,17,18,19). The minimum atomic E-state index is -0.634. The second-order valence-electron chi connectivity index (χ2n) is 5.56. The van der Waals surface area contributed by atoms with Crippen LogP contribution in [0.4, 0.5) is 5.82 Å². The molecule has 0 fully saturated rings. The number of para-hydroxylation sites is 2. The number of nitrogens with two attached hydrogens (primary N) is 1. The summed E-state index contributed by atoms with van der Waals surface area (Å²) in [5.41, 5.74) is 7.59. The number of nitrogen functional groups attached to an aromatic ring is 1. The van der Waals surface area contributed by atoms with Crippen LogP contribution < -0.4 is 15.2 Å². The molecule has 1 amide bonds. The van der Waals surface area contributed by atoms with Gasteiger partial charge >= 0.3 is 0 Å². The molecular formula is C16H16N4O3. The van der Waals surface area contributed by atoms with Crippen molar-refractivity contribution in [2.24, 2.45) is 0 Å². The van der Waals surface area contributed by atoms with Crippen LogP contribution in [0.2, 0.25) is 0 Å². The van der Waals surface area contributed by atoms with Gasteiger partial charge < -0.3 is 20.1 Å². The highest BCUT2D eigenvalue weighted by Crippen LogP contribution is 2.31. The number of rotatable bonds is 1. The van der Waals surface area contributed by atoms with E-state index in [1.54, 1.807) is 11.0 Å². The van der Waals surface area contributed by atoms with Gasteiger partial charge in [-0.2, -0.15) is 0 Å². The minimum Gasteiger partial charge on any atom is -0.485 e. The smallest absolute Gasteiger partial charge is 0.267 e. The van der Waals surface area contributed by atoms with Gasteiger partial charge in [0.25, 0.3) is 5.91 Å². The molecule has 23 heavy (non-hydrogen) atoms. The third kappa shape index (κ3) is 2.44. The number of ether oxygens (including phenoxy) is 2. The first-order valence-corrected chi connectivity index (χ1v) is 7.48. The Morgan fingerprint density at radius 3 is 2.96 bits per heavy atom. The Kier molecular flexibility index (Phi) is 3.25. The monoisotopic (exact) mass is 312 g/mol. The van der Waals surface area contributed by atoms with E-state index in [4.69, 9.17) is 15.2 Å². The van der Waals surface area contributed by atoms with Crippen molar-refractivity contribution in [2.75, 3.05) is 18.9 Å². The Morgan fingerprint density at radius 1 is 1.26 bits per heavy atom. The van der Waals surface area contributed by atoms with Crippen molar-refractivity contribution in [3.63, 3.8) is 0 Å². The molecule has 7 nitrogen and oxygen atoms in total. The first-order valence-electron chi connectivity index (χ1n) is 7.48. The maximum atomic E-state index is 12.7. The molecule has 0 spiro atoms. The first-order chi connectivity index (χ1) is 11.2. The number of aromatic nitrogens is 2. The summed E-state index contributed by atoms with van der Waals surface area (Å²) in [6.45, 7) is 1.21. The lowest BCUT2D eigenvalue weighted by Gasteiger charge is -2.33. The zero-order chi connectivity index (χ0) is 15.8. The molecule has 0 radical (unpaired) electrons. The highest BCUT2D eigenvalue weighted by molar-refractivity contribution is 5.82. The van der Waals surface area contributed by atoms with Gasteiger partial charge in [-0.25, -0.2) is 9.97 Å². The van der Waals surface area contributed by atoms with E-state index in [0.717, 1.165) is 11.3 Å². The molecule has 0 bridgehead atoms. The quantitative estimate of drug-likeness (QED) is 0.837. The summed E-state index contributed by atoms with van der Waals surface area (Å²) < 4.78 is 11.4. The van der Waals surface area contributed by atoms with Crippen LogP contribution in [0, 0.1) is 0 Å². The summed E-state index contributed by atoms with van der Waals surface area (Å²) in [4.78, 5) is 22.7. The summed E-state index contributed by atoms with van der Waals surface area (Å²) >= 11 is 0. The highest BCUT2D eigenvalue weighted by atomic mass is 16.6. The van der Waals surface area contributed by atoms with Gasteiger partial charge in [0.1, 0.15) is 18.8 Å². The number of benzene rings is 1. The number of hydrogen-bond acceptors (Lipinski definition) is 6. The van der Waals surface area contributed by atoms with E-state index >= 15 is 0 Å². The molecule has 0 saturated carbocycles. The number of hydrogen-bond donors (Lipinski definition) is 1. The van der Waals surface area contributed by atoms with Gasteiger partial charge in [0.05, 0.1) is 12.2 Å². The highest BCUT2D eigenvalue weighted by Gasteiger charge is 2.33. The molecule has 1 unspecified atom stereocenters. The van der Waals surface area contributed by atoms with Crippen LogP contribution in [0.15, 0.2) is 30.6 Å². The van der Waals surface area contributed by atoms with Gasteiger partial charge in [-0.05, 0) is 18.6 Å². The van der Waals surface area contributed by atoms with Gasteiger partial charge in [0, 0.05) is 12.1 Å². The first kappa shape index (κ1) is 13.8. The van der Waals surface area contributed by atoms with Crippen LogP contribution >= 0.6 is 0 Å². The number of fused-ring (bicyclic) bond motifs is 2. The van der Waals surface area contributed by atoms with Gasteiger partial charge in [-0.3, -0.25) is 4.79 Å². The average Bonchev–Trinajstić information content (AvgIpc) is 2.60. The van der Waals surface area contributed by atoms with Crippen LogP contribution in [-0.2, 0) is 17.8 Å². The second kappa shape index (κ2) is 5.42. The molecule has 1 aromatic carbocycles. The molecule has 1 atom stereocenters. The van der Waals surface area contributed by atoms with E-state index in [9.17, 15) is 4.79 Å². The number of carbonyl (C=O) groups excluding carboxylic acids is 1. The summed E-state index contributed by atoms with van der Waals surface area (Å²) in [6.07, 6.45) is 1.45. The van der Waals surface area contributed by atoms with Crippen LogP contribution in [0.5, 0.6) is 11.5 Å². The lowest BCUT2D eigenvalue weighted by molar-refractivity contribution is -0.142. The normalized spacial score (nSPS) is 19.1. The minimum absolute atomic E-state index is 0.0951. The Bertz CT molecular complexity index is 765. The Hall–Kier alpha value is -2.83. The number of anilines is 1. The fourth-order valence-corrected chi connectivity index (χ4v) is 2.91. The van der Waals surface area contributed by atoms with Crippen molar-refractivity contribution >= 4 is 11.7 Å². The zero-order valence-electron chi connectivity index (χ0n) is 12.4. The molecule has 2 aliphatic heterocycles. The molecule has 0 saturated heterocycles. The molecule has 2 aliphatic rings. The lowest BCUT2D eigenvalue weighted by atomic mass is 10.1. The summed E-state index contributed by atoms with van der Waals surface area (Å²) in [5.74, 6) is 1.66. The molecule has 0 aliphatic carbocycles. The Labute approximate surface area is 133 Å². The third-order valence-corrected chi connectivity index (χ3v) is 4.14. The molecule has 2 aromatic rings. The number of carbonyl (C=O) groups is 1. The van der Waals surface area contributed by atoms with Crippen molar-refractivity contribution in [1.29, 1.82) is 0 Å². The van der Waals surface area contributed by atoms with E-state index in [-0.39, 0.29) is 12.5 Å². The van der Waals surface area contributed by atoms with E-state index in [1.807, 2.05) is 18.2 Å². The summed E-state index contributed by atoms with van der Waals surface area (Å²) in [7, 11) is 0. The van der Waals surface area contributed by atoms with Crippen LogP contribution in [-0.4, -0.2) is 40.0 Å². The Balaban J connectivity index is 1.51. The summed E-state index contributed by atoms with van der Waals surface area (Å²) in [6, 6.07) is 7.35. The van der Waals surface area contributed by atoms with Crippen LogP contribution in [0.1, 0.15) is 11.3 Å². The van der Waals surface area contributed by atoms with Gasteiger partial charge in [0.2, 0.25) is 6.10 Å². The van der Waals surface area contributed by atoms with Crippen molar-refractivity contribution in [2.45, 2.75) is 19.1 Å². The molecule has 4 rings (SSSR count).